The molecule has 0 spiro atoms. The minimum absolute atomic E-state index is 0.0868. The molecule has 1 saturated carbocycles. The highest BCUT2D eigenvalue weighted by molar-refractivity contribution is 6.08. The van der Waals surface area contributed by atoms with Gasteiger partial charge in [-0.3, -0.25) is 4.98 Å². The third-order valence-electron chi connectivity index (χ3n) is 6.93. The second-order valence-corrected chi connectivity index (χ2v) is 9.53. The number of nitrogens with zero attached hydrogens (tertiary/aromatic N) is 4. The second-order valence-electron chi connectivity index (χ2n) is 9.53. The predicted molar refractivity (Wildman–Crippen MR) is 147 cm³/mol. The lowest BCUT2D eigenvalue weighted by atomic mass is 9.92. The molecule has 0 unspecified atom stereocenters. The Kier molecular flexibility index (Phi) is 6.63. The van der Waals surface area contributed by atoms with Crippen LogP contribution in [0.5, 0.6) is 11.6 Å². The Hall–Kier alpha value is -4.41. The number of hydrogen-bond donors (Lipinski definition) is 1. The van der Waals surface area contributed by atoms with Gasteiger partial charge in [-0.15, -0.1) is 0 Å². The quantitative estimate of drug-likeness (QED) is 0.239. The average Bonchev–Trinajstić information content (AvgIpc) is 3.22. The van der Waals surface area contributed by atoms with Crippen LogP contribution in [0.2, 0.25) is 0 Å². The van der Waals surface area contributed by atoms with E-state index in [1.807, 2.05) is 42.9 Å². The lowest BCUT2D eigenvalue weighted by Crippen LogP contribution is -2.41. The number of pyridine rings is 3. The van der Waals surface area contributed by atoms with Crippen molar-refractivity contribution in [3.05, 3.63) is 79.0 Å². The van der Waals surface area contributed by atoms with E-state index in [1.165, 1.54) is 16.4 Å². The molecular formula is C31H28N4O3. The fraction of sp³-hybridized carbons (Fsp3) is 0.258. The lowest BCUT2D eigenvalue weighted by Gasteiger charge is -2.34. The summed E-state index contributed by atoms with van der Waals surface area (Å²) in [5, 5.41) is 11.2. The zero-order chi connectivity index (χ0) is 25.9. The molecule has 4 heterocycles. The molecule has 7 nitrogen and oxygen atoms in total. The van der Waals surface area contributed by atoms with Crippen molar-refractivity contribution in [2.45, 2.75) is 37.9 Å². The first kappa shape index (κ1) is 24.0. The van der Waals surface area contributed by atoms with E-state index in [1.54, 1.807) is 6.20 Å². The van der Waals surface area contributed by atoms with E-state index >= 15 is 0 Å². The van der Waals surface area contributed by atoms with Crippen LogP contribution in [0.15, 0.2) is 73.3 Å². The van der Waals surface area contributed by atoms with Gasteiger partial charge in [-0.1, -0.05) is 18.1 Å². The van der Waals surface area contributed by atoms with Crippen molar-refractivity contribution in [1.29, 1.82) is 0 Å². The molecule has 190 valence electrons. The largest absolute Gasteiger partial charge is 0.489 e. The van der Waals surface area contributed by atoms with Crippen LogP contribution in [0.1, 0.15) is 31.4 Å². The van der Waals surface area contributed by atoms with E-state index in [2.05, 4.69) is 62.7 Å². The van der Waals surface area contributed by atoms with Crippen molar-refractivity contribution in [3.8, 4) is 34.6 Å². The van der Waals surface area contributed by atoms with Crippen LogP contribution in [-0.2, 0) is 7.05 Å². The molecule has 0 amide bonds. The SMILES string of the molecule is Cn1c2ccncc2c2ccc(-c3ccc(O[C@H]4C[C@H](Oc5ccc(C#CCCCO)nc5)C4)nc3)cc21. The molecule has 0 saturated heterocycles. The van der Waals surface area contributed by atoms with Crippen LogP contribution in [0.25, 0.3) is 32.9 Å². The number of hydrogen-bond acceptors (Lipinski definition) is 6. The fourth-order valence-corrected chi connectivity index (χ4v) is 4.77. The summed E-state index contributed by atoms with van der Waals surface area (Å²) < 4.78 is 14.3. The Balaban J connectivity index is 1.04. The maximum atomic E-state index is 8.81. The summed E-state index contributed by atoms with van der Waals surface area (Å²) in [6.45, 7) is 0.157. The Bertz CT molecular complexity index is 1630. The number of aliphatic hydroxyl groups excluding tert-OH is 1. The van der Waals surface area contributed by atoms with Crippen LogP contribution >= 0.6 is 0 Å². The summed E-state index contributed by atoms with van der Waals surface area (Å²) in [4.78, 5) is 13.2. The Labute approximate surface area is 221 Å². The lowest BCUT2D eigenvalue weighted by molar-refractivity contribution is 0.00209. The van der Waals surface area contributed by atoms with Gasteiger partial charge in [0.1, 0.15) is 23.7 Å². The van der Waals surface area contributed by atoms with E-state index in [9.17, 15) is 0 Å². The van der Waals surface area contributed by atoms with Crippen molar-refractivity contribution in [3.63, 3.8) is 0 Å². The molecule has 5 aromatic rings. The standard InChI is InChI=1S/C31H28N4O3/c1-35-29-12-13-32-20-28(29)27-10-6-21(15-30(27)35)22-7-11-31(34-18-22)38-26-16-25(17-26)37-24-9-8-23(33-19-24)5-3-2-4-14-36/h6-13,15,18-20,25-26,36H,2,4,14,16-17H2,1H3/t25-,26-. The number of unbranched alkanes of at least 4 members (excludes halogenated alkanes) is 1. The number of ether oxygens (including phenoxy) is 2. The van der Waals surface area contributed by atoms with Gasteiger partial charge in [0.15, 0.2) is 0 Å². The van der Waals surface area contributed by atoms with E-state index in [-0.39, 0.29) is 18.8 Å². The zero-order valence-electron chi connectivity index (χ0n) is 21.2. The smallest absolute Gasteiger partial charge is 0.213 e. The van der Waals surface area contributed by atoms with Gasteiger partial charge in [0.05, 0.1) is 11.7 Å². The molecule has 7 heteroatoms. The zero-order valence-corrected chi connectivity index (χ0v) is 21.2. The first-order valence-corrected chi connectivity index (χ1v) is 12.9. The molecule has 0 radical (unpaired) electrons. The van der Waals surface area contributed by atoms with Crippen molar-refractivity contribution in [2.24, 2.45) is 7.05 Å². The Morgan fingerprint density at radius 1 is 0.895 bits per heavy atom. The summed E-state index contributed by atoms with van der Waals surface area (Å²) in [5.41, 5.74) is 5.20. The summed E-state index contributed by atoms with van der Waals surface area (Å²) in [6, 6.07) is 16.3. The molecule has 0 bridgehead atoms. The number of aryl methyl sites for hydroxylation is 1. The molecule has 4 aromatic heterocycles. The Morgan fingerprint density at radius 3 is 2.55 bits per heavy atom. The van der Waals surface area contributed by atoms with E-state index in [4.69, 9.17) is 14.6 Å². The average molecular weight is 505 g/mol. The fourth-order valence-electron chi connectivity index (χ4n) is 4.77. The van der Waals surface area contributed by atoms with Gasteiger partial charge in [-0.05, 0) is 48.2 Å². The molecule has 38 heavy (non-hydrogen) atoms. The summed E-state index contributed by atoms with van der Waals surface area (Å²) in [5.74, 6) is 7.35. The molecule has 1 N–H and O–H groups in total. The van der Waals surface area contributed by atoms with Crippen LogP contribution in [-0.4, -0.2) is 43.4 Å². The van der Waals surface area contributed by atoms with Crippen LogP contribution in [0, 0.1) is 11.8 Å². The molecule has 0 atom stereocenters. The monoisotopic (exact) mass is 504 g/mol. The van der Waals surface area contributed by atoms with Gasteiger partial charge >= 0.3 is 0 Å². The number of rotatable bonds is 7. The normalized spacial score (nSPS) is 16.6. The van der Waals surface area contributed by atoms with Crippen LogP contribution in [0.3, 0.4) is 0 Å². The molecule has 1 aromatic carbocycles. The van der Waals surface area contributed by atoms with E-state index in [0.717, 1.165) is 35.1 Å². The topological polar surface area (TPSA) is 82.3 Å². The van der Waals surface area contributed by atoms with Gasteiger partial charge in [0, 0.05) is 79.4 Å². The van der Waals surface area contributed by atoms with Gasteiger partial charge in [0.25, 0.3) is 0 Å². The molecule has 6 rings (SSSR count). The number of fused-ring (bicyclic) bond motifs is 3. The van der Waals surface area contributed by atoms with Gasteiger partial charge in [-0.2, -0.15) is 0 Å². The first-order valence-electron chi connectivity index (χ1n) is 12.9. The third kappa shape index (κ3) is 4.91. The number of aliphatic hydroxyl groups is 1. The van der Waals surface area contributed by atoms with Gasteiger partial charge < -0.3 is 19.1 Å². The van der Waals surface area contributed by atoms with Gasteiger partial charge in [0.2, 0.25) is 5.88 Å². The van der Waals surface area contributed by atoms with Crippen molar-refractivity contribution in [1.82, 2.24) is 19.5 Å². The highest BCUT2D eigenvalue weighted by Crippen LogP contribution is 2.32. The first-order chi connectivity index (χ1) is 18.7. The predicted octanol–water partition coefficient (Wildman–Crippen LogP) is 5.30. The van der Waals surface area contributed by atoms with E-state index < -0.39 is 0 Å². The summed E-state index contributed by atoms with van der Waals surface area (Å²) in [7, 11) is 2.09. The number of benzene rings is 1. The third-order valence-corrected chi connectivity index (χ3v) is 6.93. The minimum atomic E-state index is 0.0868. The molecule has 0 aliphatic heterocycles. The summed E-state index contributed by atoms with van der Waals surface area (Å²) >= 11 is 0. The molecule has 1 aliphatic rings. The van der Waals surface area contributed by atoms with Crippen LogP contribution in [0.4, 0.5) is 0 Å². The highest BCUT2D eigenvalue weighted by atomic mass is 16.5. The minimum Gasteiger partial charge on any atom is -0.489 e. The Morgan fingerprint density at radius 2 is 1.76 bits per heavy atom. The maximum absolute atomic E-state index is 8.81. The van der Waals surface area contributed by atoms with Crippen LogP contribution < -0.4 is 9.47 Å². The van der Waals surface area contributed by atoms with E-state index in [0.29, 0.717) is 24.4 Å². The molecular weight excluding hydrogens is 476 g/mol. The molecule has 1 aliphatic carbocycles. The summed E-state index contributed by atoms with van der Waals surface area (Å²) in [6.07, 6.45) is 10.5. The highest BCUT2D eigenvalue weighted by Gasteiger charge is 2.33. The van der Waals surface area contributed by atoms with Crippen molar-refractivity contribution < 1.29 is 14.6 Å². The number of aromatic nitrogens is 4. The second kappa shape index (κ2) is 10.5. The van der Waals surface area contributed by atoms with Gasteiger partial charge in [-0.25, -0.2) is 9.97 Å². The maximum Gasteiger partial charge on any atom is 0.213 e. The van der Waals surface area contributed by atoms with Crippen molar-refractivity contribution >= 4 is 21.8 Å². The molecule has 1 fully saturated rings. The van der Waals surface area contributed by atoms with Crippen molar-refractivity contribution in [2.75, 3.05) is 6.61 Å².